The van der Waals surface area contributed by atoms with Crippen LogP contribution in [-0.2, 0) is 16.0 Å². The Bertz CT molecular complexity index is 728. The number of carbonyl (C=O) groups is 2. The van der Waals surface area contributed by atoms with Crippen molar-refractivity contribution in [1.29, 1.82) is 0 Å². The monoisotopic (exact) mass is 370 g/mol. The fourth-order valence-electron chi connectivity index (χ4n) is 2.67. The zero-order valence-electron chi connectivity index (χ0n) is 12.2. The molecule has 0 unspecified atom stereocenters. The van der Waals surface area contributed by atoms with Crippen molar-refractivity contribution < 1.29 is 14.7 Å². The molecule has 1 N–H and O–H groups in total. The lowest BCUT2D eigenvalue weighted by molar-refractivity contribution is -0.151. The highest BCUT2D eigenvalue weighted by Crippen LogP contribution is 2.33. The third kappa shape index (κ3) is 3.73. The minimum Gasteiger partial charge on any atom is -0.480 e. The zero-order chi connectivity index (χ0) is 16.4. The maximum atomic E-state index is 12.4. The van der Waals surface area contributed by atoms with Crippen molar-refractivity contribution in [3.63, 3.8) is 0 Å². The fourth-order valence-corrected chi connectivity index (χ4v) is 4.61. The molecule has 1 aliphatic heterocycles. The summed E-state index contributed by atoms with van der Waals surface area (Å²) in [5.74, 6) is -1.09. The lowest BCUT2D eigenvalue weighted by Gasteiger charge is -2.32. The molecule has 1 saturated heterocycles. The van der Waals surface area contributed by atoms with Gasteiger partial charge in [-0.1, -0.05) is 11.6 Å². The summed E-state index contributed by atoms with van der Waals surface area (Å²) < 4.78 is 0.699. The van der Waals surface area contributed by atoms with E-state index in [9.17, 15) is 14.7 Å². The lowest BCUT2D eigenvalue weighted by Crippen LogP contribution is -2.48. The molecule has 2 aromatic rings. The van der Waals surface area contributed by atoms with Crippen LogP contribution >= 0.6 is 34.3 Å². The Hall–Kier alpha value is -1.44. The van der Waals surface area contributed by atoms with E-state index in [2.05, 4.69) is 4.98 Å². The summed E-state index contributed by atoms with van der Waals surface area (Å²) in [4.78, 5) is 30.7. The molecule has 23 heavy (non-hydrogen) atoms. The van der Waals surface area contributed by atoms with E-state index in [-0.39, 0.29) is 12.3 Å². The van der Waals surface area contributed by atoms with Crippen molar-refractivity contribution in [2.45, 2.75) is 31.7 Å². The van der Waals surface area contributed by atoms with Crippen LogP contribution in [0.4, 0.5) is 0 Å². The molecule has 0 aromatic carbocycles. The molecule has 0 aliphatic carbocycles. The third-order valence-corrected chi connectivity index (χ3v) is 6.07. The Morgan fingerprint density at radius 2 is 2.22 bits per heavy atom. The van der Waals surface area contributed by atoms with Gasteiger partial charge in [-0.2, -0.15) is 0 Å². The number of carbonyl (C=O) groups excluding carboxylic acids is 1. The average Bonchev–Trinajstić information content (AvgIpc) is 3.16. The van der Waals surface area contributed by atoms with Gasteiger partial charge < -0.3 is 10.0 Å². The van der Waals surface area contributed by atoms with E-state index in [1.807, 2.05) is 17.5 Å². The second-order valence-electron chi connectivity index (χ2n) is 5.36. The van der Waals surface area contributed by atoms with Gasteiger partial charge in [-0.15, -0.1) is 22.7 Å². The molecule has 1 amide bonds. The van der Waals surface area contributed by atoms with Crippen LogP contribution in [0.5, 0.6) is 0 Å². The fraction of sp³-hybridized carbons (Fsp3) is 0.400. The van der Waals surface area contributed by atoms with Gasteiger partial charge in [0.25, 0.3) is 0 Å². The van der Waals surface area contributed by atoms with Crippen molar-refractivity contribution >= 4 is 46.2 Å². The number of hydrogen-bond donors (Lipinski definition) is 1. The normalized spacial score (nSPS) is 18.1. The van der Waals surface area contributed by atoms with Crippen LogP contribution in [0.2, 0.25) is 4.34 Å². The van der Waals surface area contributed by atoms with Crippen LogP contribution in [0, 0.1) is 0 Å². The van der Waals surface area contributed by atoms with Crippen LogP contribution in [0.25, 0.3) is 9.88 Å². The van der Waals surface area contributed by atoms with Crippen LogP contribution in [0.1, 0.15) is 25.0 Å². The molecule has 1 fully saturated rings. The van der Waals surface area contributed by atoms with E-state index >= 15 is 0 Å². The lowest BCUT2D eigenvalue weighted by atomic mass is 10.0. The predicted octanol–water partition coefficient (Wildman–Crippen LogP) is 3.53. The Kier molecular flexibility index (Phi) is 4.99. The topological polar surface area (TPSA) is 70.5 Å². The van der Waals surface area contributed by atoms with Crippen LogP contribution < -0.4 is 0 Å². The first kappa shape index (κ1) is 16.4. The molecular weight excluding hydrogens is 356 g/mol. The summed E-state index contributed by atoms with van der Waals surface area (Å²) in [6.07, 6.45) is 2.36. The van der Waals surface area contributed by atoms with Crippen molar-refractivity contribution in [1.82, 2.24) is 9.88 Å². The molecule has 3 rings (SSSR count). The zero-order valence-corrected chi connectivity index (χ0v) is 14.6. The quantitative estimate of drug-likeness (QED) is 0.893. The average molecular weight is 371 g/mol. The first-order valence-corrected chi connectivity index (χ1v) is 9.34. The number of aromatic nitrogens is 1. The molecule has 1 aliphatic rings. The molecule has 0 radical (unpaired) electrons. The van der Waals surface area contributed by atoms with Gasteiger partial charge in [0.05, 0.1) is 21.3 Å². The van der Waals surface area contributed by atoms with Crippen LogP contribution in [0.3, 0.4) is 0 Å². The highest BCUT2D eigenvalue weighted by atomic mass is 35.5. The summed E-state index contributed by atoms with van der Waals surface area (Å²) >= 11 is 8.84. The number of aliphatic carboxylic acids is 1. The van der Waals surface area contributed by atoms with Crippen LogP contribution in [-0.4, -0.2) is 39.5 Å². The maximum absolute atomic E-state index is 12.4. The number of rotatable bonds is 4. The number of hydrogen-bond acceptors (Lipinski definition) is 5. The first-order chi connectivity index (χ1) is 11.0. The highest BCUT2D eigenvalue weighted by molar-refractivity contribution is 7.23. The highest BCUT2D eigenvalue weighted by Gasteiger charge is 2.32. The Morgan fingerprint density at radius 1 is 1.39 bits per heavy atom. The van der Waals surface area contributed by atoms with Crippen molar-refractivity contribution in [2.75, 3.05) is 6.54 Å². The second-order valence-corrected chi connectivity index (χ2v) is 7.93. The Morgan fingerprint density at radius 3 is 2.91 bits per heavy atom. The second kappa shape index (κ2) is 6.98. The van der Waals surface area contributed by atoms with Gasteiger partial charge in [0.1, 0.15) is 11.0 Å². The largest absolute Gasteiger partial charge is 0.480 e. The first-order valence-electron chi connectivity index (χ1n) is 7.27. The molecular formula is C15H15ClN2O3S2. The van der Waals surface area contributed by atoms with E-state index < -0.39 is 12.0 Å². The number of piperidine rings is 1. The summed E-state index contributed by atoms with van der Waals surface area (Å²) in [5, 5.41) is 11.9. The standard InChI is InChI=1S/C15H15ClN2O3S2/c16-12-5-4-11(23-12)14-17-9(8-22-14)7-13(19)18-6-2-1-3-10(18)15(20)21/h4-5,8,10H,1-3,6-7H2,(H,20,21)/t10-/m1/s1. The van der Waals surface area contributed by atoms with Gasteiger partial charge in [0, 0.05) is 11.9 Å². The van der Waals surface area contributed by atoms with E-state index in [1.165, 1.54) is 27.6 Å². The maximum Gasteiger partial charge on any atom is 0.326 e. The van der Waals surface area contributed by atoms with Crippen molar-refractivity contribution in [2.24, 2.45) is 0 Å². The van der Waals surface area contributed by atoms with E-state index in [1.54, 1.807) is 0 Å². The SMILES string of the molecule is O=C(O)[C@H]1CCCCN1C(=O)Cc1csc(-c2ccc(Cl)s2)n1. The Labute approximate surface area is 146 Å². The van der Waals surface area contributed by atoms with Gasteiger partial charge in [-0.25, -0.2) is 9.78 Å². The number of nitrogens with zero attached hydrogens (tertiary/aromatic N) is 2. The molecule has 2 aromatic heterocycles. The molecule has 5 nitrogen and oxygen atoms in total. The number of carboxylic acid groups (broad SMARTS) is 1. The van der Waals surface area contributed by atoms with Gasteiger partial charge in [-0.05, 0) is 31.4 Å². The molecule has 1 atom stereocenters. The van der Waals surface area contributed by atoms with Gasteiger partial charge in [0.2, 0.25) is 5.91 Å². The number of thiazole rings is 1. The van der Waals surface area contributed by atoms with Crippen LogP contribution in [0.15, 0.2) is 17.5 Å². The smallest absolute Gasteiger partial charge is 0.326 e. The summed E-state index contributed by atoms with van der Waals surface area (Å²) in [6, 6.07) is 3.02. The molecule has 0 bridgehead atoms. The van der Waals surface area contributed by atoms with Gasteiger partial charge in [0.15, 0.2) is 0 Å². The van der Waals surface area contributed by atoms with Gasteiger partial charge >= 0.3 is 5.97 Å². The number of carboxylic acids is 1. The number of amides is 1. The molecule has 122 valence electrons. The third-order valence-electron chi connectivity index (χ3n) is 3.78. The van der Waals surface area contributed by atoms with Crippen molar-refractivity contribution in [3.05, 3.63) is 27.5 Å². The molecule has 8 heteroatoms. The van der Waals surface area contributed by atoms with E-state index in [4.69, 9.17) is 11.6 Å². The van der Waals surface area contributed by atoms with Crippen molar-refractivity contribution in [3.8, 4) is 9.88 Å². The van der Waals surface area contributed by atoms with Gasteiger partial charge in [-0.3, -0.25) is 4.79 Å². The summed E-state index contributed by atoms with van der Waals surface area (Å²) in [5.41, 5.74) is 0.675. The molecule has 0 saturated carbocycles. The minimum absolute atomic E-state index is 0.138. The number of thiophene rings is 1. The molecule has 0 spiro atoms. The summed E-state index contributed by atoms with van der Waals surface area (Å²) in [7, 11) is 0. The minimum atomic E-state index is -0.926. The summed E-state index contributed by atoms with van der Waals surface area (Å²) in [6.45, 7) is 0.507. The Balaban J connectivity index is 1.70. The van der Waals surface area contributed by atoms with E-state index in [0.29, 0.717) is 23.0 Å². The predicted molar refractivity (Wildman–Crippen MR) is 91.1 cm³/mol. The number of halogens is 1. The van der Waals surface area contributed by atoms with E-state index in [0.717, 1.165) is 22.7 Å². The molecule has 3 heterocycles. The number of likely N-dealkylation sites (tertiary alicyclic amines) is 1.